The number of alkyl halides is 2. The Morgan fingerprint density at radius 3 is 2.81 bits per heavy atom. The molecule has 0 aromatic carbocycles. The molecule has 0 atom stereocenters. The van der Waals surface area contributed by atoms with Gasteiger partial charge >= 0.3 is 0 Å². The van der Waals surface area contributed by atoms with Crippen molar-refractivity contribution < 1.29 is 13.6 Å². The highest BCUT2D eigenvalue weighted by atomic mass is 79.9. The summed E-state index contributed by atoms with van der Waals surface area (Å²) in [7, 11) is 0. The van der Waals surface area contributed by atoms with Crippen LogP contribution in [0.2, 0.25) is 0 Å². The summed E-state index contributed by atoms with van der Waals surface area (Å²) in [5, 5.41) is 0. The zero-order chi connectivity index (χ0) is 12.1. The lowest BCUT2D eigenvalue weighted by Crippen LogP contribution is -2.35. The van der Waals surface area contributed by atoms with Crippen LogP contribution in [0.1, 0.15) is 17.4 Å². The summed E-state index contributed by atoms with van der Waals surface area (Å²) >= 11 is 3.16. The van der Waals surface area contributed by atoms with Gasteiger partial charge in [-0.25, -0.2) is 13.8 Å². The highest BCUT2D eigenvalue weighted by molar-refractivity contribution is 9.10. The summed E-state index contributed by atoms with van der Waals surface area (Å²) in [6.07, 6.45) is -1.08. The molecule has 0 aliphatic carbocycles. The number of pyridine rings is 1. The van der Waals surface area contributed by atoms with E-state index in [0.29, 0.717) is 4.47 Å². The van der Waals surface area contributed by atoms with Crippen molar-refractivity contribution in [2.45, 2.75) is 13.3 Å². The molecular weight excluding hydrogens is 282 g/mol. The number of hydrogen-bond donors (Lipinski definition) is 0. The van der Waals surface area contributed by atoms with Crippen LogP contribution in [-0.2, 0) is 0 Å². The van der Waals surface area contributed by atoms with Crippen LogP contribution >= 0.6 is 15.9 Å². The van der Waals surface area contributed by atoms with Gasteiger partial charge in [0.05, 0.1) is 6.54 Å². The molecule has 88 valence electrons. The molecule has 0 aliphatic rings. The summed E-state index contributed by atoms with van der Waals surface area (Å²) in [4.78, 5) is 16.8. The molecule has 0 N–H and O–H groups in total. The van der Waals surface area contributed by atoms with Gasteiger partial charge in [-0.2, -0.15) is 0 Å². The van der Waals surface area contributed by atoms with Crippen molar-refractivity contribution in [2.24, 2.45) is 0 Å². The van der Waals surface area contributed by atoms with Crippen molar-refractivity contribution in [3.8, 4) is 0 Å². The van der Waals surface area contributed by atoms with Crippen molar-refractivity contribution in [3.63, 3.8) is 0 Å². The first-order valence-corrected chi connectivity index (χ1v) is 5.53. The summed E-state index contributed by atoms with van der Waals surface area (Å²) in [5.41, 5.74) is 0.157. The third-order valence-corrected chi connectivity index (χ3v) is 2.63. The van der Waals surface area contributed by atoms with Crippen LogP contribution in [0.5, 0.6) is 0 Å². The van der Waals surface area contributed by atoms with Crippen molar-refractivity contribution >= 4 is 21.8 Å². The quantitative estimate of drug-likeness (QED) is 0.855. The van der Waals surface area contributed by atoms with Crippen molar-refractivity contribution in [3.05, 3.63) is 28.5 Å². The number of rotatable bonds is 4. The summed E-state index contributed by atoms with van der Waals surface area (Å²) in [6.45, 7) is 1.31. The Kier molecular flexibility index (Phi) is 4.79. The fourth-order valence-corrected chi connectivity index (χ4v) is 1.64. The third-order valence-electron chi connectivity index (χ3n) is 1.99. The van der Waals surface area contributed by atoms with E-state index in [-0.39, 0.29) is 12.2 Å². The Bertz CT molecular complexity index is 374. The van der Waals surface area contributed by atoms with Crippen molar-refractivity contribution in [1.29, 1.82) is 0 Å². The molecule has 6 heteroatoms. The lowest BCUT2D eigenvalue weighted by Gasteiger charge is -2.20. The molecule has 1 rings (SSSR count). The average Bonchev–Trinajstić information content (AvgIpc) is 2.25. The number of amides is 1. The van der Waals surface area contributed by atoms with E-state index < -0.39 is 18.9 Å². The second kappa shape index (κ2) is 5.89. The fourth-order valence-electron chi connectivity index (χ4n) is 1.22. The topological polar surface area (TPSA) is 33.2 Å². The molecule has 0 saturated carbocycles. The lowest BCUT2D eigenvalue weighted by molar-refractivity contribution is 0.0563. The molecule has 1 heterocycles. The molecule has 1 aromatic heterocycles. The van der Waals surface area contributed by atoms with Gasteiger partial charge in [-0.05, 0) is 35.0 Å². The molecule has 1 aromatic rings. The van der Waals surface area contributed by atoms with E-state index in [2.05, 4.69) is 20.9 Å². The van der Waals surface area contributed by atoms with E-state index in [1.807, 2.05) is 0 Å². The van der Waals surface area contributed by atoms with Crippen LogP contribution in [0.4, 0.5) is 8.78 Å². The predicted molar refractivity (Wildman–Crippen MR) is 59.5 cm³/mol. The molecule has 0 fully saturated rings. The first-order chi connectivity index (χ1) is 7.56. The van der Waals surface area contributed by atoms with E-state index in [1.54, 1.807) is 19.1 Å². The molecule has 3 nitrogen and oxygen atoms in total. The fraction of sp³-hybridized carbons (Fsp3) is 0.400. The Morgan fingerprint density at radius 1 is 1.62 bits per heavy atom. The monoisotopic (exact) mass is 292 g/mol. The molecule has 1 amide bonds. The SMILES string of the molecule is CCN(CC(F)F)C(=O)c1ncccc1Br. The molecule has 0 unspecified atom stereocenters. The summed E-state index contributed by atoms with van der Waals surface area (Å²) in [6, 6.07) is 3.31. The Labute approximate surface area is 101 Å². The highest BCUT2D eigenvalue weighted by Crippen LogP contribution is 2.15. The molecular formula is C10H11BrF2N2O. The van der Waals surface area contributed by atoms with Gasteiger partial charge in [-0.3, -0.25) is 4.79 Å². The summed E-state index contributed by atoms with van der Waals surface area (Å²) < 4.78 is 25.0. The largest absolute Gasteiger partial charge is 0.332 e. The number of carbonyl (C=O) groups excluding carboxylic acids is 1. The first-order valence-electron chi connectivity index (χ1n) is 4.74. The smallest absolute Gasteiger partial charge is 0.273 e. The van der Waals surface area contributed by atoms with E-state index >= 15 is 0 Å². The van der Waals surface area contributed by atoms with Gasteiger partial charge in [0.1, 0.15) is 5.69 Å². The minimum Gasteiger partial charge on any atom is -0.332 e. The zero-order valence-electron chi connectivity index (χ0n) is 8.66. The Morgan fingerprint density at radius 2 is 2.31 bits per heavy atom. The van der Waals surface area contributed by atoms with E-state index in [9.17, 15) is 13.6 Å². The molecule has 0 aliphatic heterocycles. The molecule has 0 radical (unpaired) electrons. The third kappa shape index (κ3) is 3.23. The maximum absolute atomic E-state index is 12.2. The zero-order valence-corrected chi connectivity index (χ0v) is 10.2. The maximum atomic E-state index is 12.2. The molecule has 0 saturated heterocycles. The highest BCUT2D eigenvalue weighted by Gasteiger charge is 2.20. The second-order valence-corrected chi connectivity index (χ2v) is 3.92. The van der Waals surface area contributed by atoms with Crippen LogP contribution in [0.3, 0.4) is 0 Å². The lowest BCUT2D eigenvalue weighted by atomic mass is 10.3. The van der Waals surface area contributed by atoms with E-state index in [1.165, 1.54) is 6.20 Å². The van der Waals surface area contributed by atoms with E-state index in [4.69, 9.17) is 0 Å². The average molecular weight is 293 g/mol. The second-order valence-electron chi connectivity index (χ2n) is 3.07. The number of carbonyl (C=O) groups is 1. The van der Waals surface area contributed by atoms with Gasteiger partial charge in [0.2, 0.25) is 0 Å². The van der Waals surface area contributed by atoms with Crippen LogP contribution in [-0.4, -0.2) is 35.3 Å². The Hall–Kier alpha value is -1.04. The van der Waals surface area contributed by atoms with Gasteiger partial charge in [0.25, 0.3) is 12.3 Å². The molecule has 0 bridgehead atoms. The normalized spacial score (nSPS) is 10.6. The van der Waals surface area contributed by atoms with Crippen LogP contribution in [0.15, 0.2) is 22.8 Å². The van der Waals surface area contributed by atoms with Gasteiger partial charge in [-0.1, -0.05) is 0 Å². The van der Waals surface area contributed by atoms with Gasteiger partial charge in [0.15, 0.2) is 0 Å². The number of nitrogens with zero attached hydrogens (tertiary/aromatic N) is 2. The minimum absolute atomic E-state index is 0.157. The predicted octanol–water partition coefficient (Wildman–Crippen LogP) is 2.57. The first kappa shape index (κ1) is 13.0. The molecule has 0 spiro atoms. The number of aromatic nitrogens is 1. The van der Waals surface area contributed by atoms with Gasteiger partial charge < -0.3 is 4.90 Å². The minimum atomic E-state index is -2.54. The van der Waals surface area contributed by atoms with Crippen LogP contribution < -0.4 is 0 Å². The van der Waals surface area contributed by atoms with Gasteiger partial charge in [0, 0.05) is 17.2 Å². The number of hydrogen-bond acceptors (Lipinski definition) is 2. The summed E-state index contributed by atoms with van der Waals surface area (Å²) in [5.74, 6) is -0.490. The molecule has 16 heavy (non-hydrogen) atoms. The standard InChI is InChI=1S/C10H11BrF2N2O/c1-2-15(6-8(12)13)10(16)9-7(11)4-3-5-14-9/h3-5,8H,2,6H2,1H3. The Balaban J connectivity index is 2.87. The van der Waals surface area contributed by atoms with Crippen LogP contribution in [0.25, 0.3) is 0 Å². The maximum Gasteiger partial charge on any atom is 0.273 e. The number of halogens is 3. The van der Waals surface area contributed by atoms with Crippen molar-refractivity contribution in [1.82, 2.24) is 9.88 Å². The van der Waals surface area contributed by atoms with Crippen molar-refractivity contribution in [2.75, 3.05) is 13.1 Å². The van der Waals surface area contributed by atoms with E-state index in [0.717, 1.165) is 4.90 Å². The van der Waals surface area contributed by atoms with Gasteiger partial charge in [-0.15, -0.1) is 0 Å². The van der Waals surface area contributed by atoms with Crippen LogP contribution in [0, 0.1) is 0 Å².